The summed E-state index contributed by atoms with van der Waals surface area (Å²) < 4.78 is 0. The van der Waals surface area contributed by atoms with Crippen LogP contribution < -0.4 is 5.32 Å². The summed E-state index contributed by atoms with van der Waals surface area (Å²) in [4.78, 5) is 5.08. The van der Waals surface area contributed by atoms with Crippen molar-refractivity contribution in [3.05, 3.63) is 0 Å². The molecule has 0 spiro atoms. The summed E-state index contributed by atoms with van der Waals surface area (Å²) in [5, 5.41) is 12.5. The number of hydrogen-bond acceptors (Lipinski definition) is 4. The molecule has 0 aliphatic carbocycles. The molecule has 4 heteroatoms. The smallest absolute Gasteiger partial charge is 0.103 e. The number of piperazine rings is 1. The van der Waals surface area contributed by atoms with E-state index in [1.54, 1.807) is 0 Å². The highest BCUT2D eigenvalue weighted by Gasteiger charge is 2.24. The second-order valence-electron chi connectivity index (χ2n) is 5.86. The van der Waals surface area contributed by atoms with Gasteiger partial charge >= 0.3 is 0 Å². The van der Waals surface area contributed by atoms with E-state index in [4.69, 9.17) is 0 Å². The Bertz CT molecular complexity index is 299. The van der Waals surface area contributed by atoms with Crippen LogP contribution in [0.25, 0.3) is 0 Å². The third-order valence-electron chi connectivity index (χ3n) is 4.22. The van der Waals surface area contributed by atoms with Crippen LogP contribution >= 0.6 is 0 Å². The molecule has 0 aromatic heterocycles. The lowest BCUT2D eigenvalue weighted by Gasteiger charge is -2.39. The van der Waals surface area contributed by atoms with E-state index < -0.39 is 0 Å². The zero-order chi connectivity index (χ0) is 14.3. The van der Waals surface area contributed by atoms with Crippen molar-refractivity contribution in [2.45, 2.75) is 52.1 Å². The van der Waals surface area contributed by atoms with Crippen LogP contribution in [0.15, 0.2) is 0 Å². The second-order valence-corrected chi connectivity index (χ2v) is 5.86. The zero-order valence-electron chi connectivity index (χ0n) is 13.1. The molecule has 1 aliphatic rings. The molecule has 0 aromatic rings. The molecule has 19 heavy (non-hydrogen) atoms. The van der Waals surface area contributed by atoms with Crippen LogP contribution in [0.1, 0.15) is 40.5 Å². The minimum atomic E-state index is -0.356. The molecule has 1 saturated heterocycles. The van der Waals surface area contributed by atoms with Gasteiger partial charge in [0.05, 0.1) is 6.07 Å². The summed E-state index contributed by atoms with van der Waals surface area (Å²) in [6, 6.07) is 3.07. The molecule has 4 nitrogen and oxygen atoms in total. The van der Waals surface area contributed by atoms with E-state index in [1.165, 1.54) is 13.1 Å². The van der Waals surface area contributed by atoms with Gasteiger partial charge in [0, 0.05) is 25.7 Å². The fourth-order valence-corrected chi connectivity index (χ4v) is 2.97. The molecule has 0 aromatic carbocycles. The number of nitriles is 1. The van der Waals surface area contributed by atoms with E-state index in [0.717, 1.165) is 39.0 Å². The molecule has 0 amide bonds. The highest BCUT2D eigenvalue weighted by atomic mass is 15.3. The van der Waals surface area contributed by atoms with Crippen molar-refractivity contribution in [3.8, 4) is 6.07 Å². The monoisotopic (exact) mass is 266 g/mol. The van der Waals surface area contributed by atoms with Crippen molar-refractivity contribution >= 4 is 0 Å². The van der Waals surface area contributed by atoms with Gasteiger partial charge in [-0.25, -0.2) is 0 Å². The van der Waals surface area contributed by atoms with Gasteiger partial charge in [-0.2, -0.15) is 5.26 Å². The minimum absolute atomic E-state index is 0.356. The highest BCUT2D eigenvalue weighted by molar-refractivity contribution is 5.03. The van der Waals surface area contributed by atoms with Crippen molar-refractivity contribution in [3.63, 3.8) is 0 Å². The third-order valence-corrected chi connectivity index (χ3v) is 4.22. The summed E-state index contributed by atoms with van der Waals surface area (Å²) >= 11 is 0. The molecule has 1 heterocycles. The molecular formula is C15H30N4. The normalized spacial score (nSPS) is 24.9. The lowest BCUT2D eigenvalue weighted by molar-refractivity contribution is 0.0860. The highest BCUT2D eigenvalue weighted by Crippen LogP contribution is 2.14. The number of rotatable bonds is 7. The first-order chi connectivity index (χ1) is 9.04. The summed E-state index contributed by atoms with van der Waals surface area (Å²) in [5.41, 5.74) is -0.356. The third kappa shape index (κ3) is 5.10. The maximum Gasteiger partial charge on any atom is 0.103 e. The van der Waals surface area contributed by atoms with Crippen LogP contribution in [0.5, 0.6) is 0 Å². The average molecular weight is 266 g/mol. The van der Waals surface area contributed by atoms with Crippen LogP contribution in [0.2, 0.25) is 0 Å². The van der Waals surface area contributed by atoms with E-state index >= 15 is 0 Å². The molecule has 1 aliphatic heterocycles. The van der Waals surface area contributed by atoms with Gasteiger partial charge in [0.15, 0.2) is 0 Å². The lowest BCUT2D eigenvalue weighted by atomic mass is 9.97. The first-order valence-corrected chi connectivity index (χ1v) is 7.67. The van der Waals surface area contributed by atoms with Gasteiger partial charge in [0.2, 0.25) is 0 Å². The van der Waals surface area contributed by atoms with E-state index in [9.17, 15) is 5.26 Å². The molecule has 0 bridgehead atoms. The Morgan fingerprint density at radius 3 is 2.63 bits per heavy atom. The molecule has 1 fully saturated rings. The molecule has 2 atom stereocenters. The van der Waals surface area contributed by atoms with Crippen molar-refractivity contribution in [2.75, 3.05) is 39.3 Å². The molecule has 0 radical (unpaired) electrons. The predicted molar refractivity (Wildman–Crippen MR) is 80.1 cm³/mol. The number of hydrogen-bond donors (Lipinski definition) is 1. The Morgan fingerprint density at radius 1 is 1.37 bits per heavy atom. The van der Waals surface area contributed by atoms with Crippen LogP contribution in [-0.4, -0.2) is 60.6 Å². The Hall–Kier alpha value is -0.630. The standard InChI is InChI=1S/C15H30N4/c1-5-17-15(4,13-16)8-7-9-18-10-11-19(6-2)14(3)12-18/h14,17H,5-12H2,1-4H3. The van der Waals surface area contributed by atoms with E-state index in [1.807, 2.05) is 6.92 Å². The van der Waals surface area contributed by atoms with E-state index in [0.29, 0.717) is 6.04 Å². The largest absolute Gasteiger partial charge is 0.301 e. The maximum absolute atomic E-state index is 9.23. The minimum Gasteiger partial charge on any atom is -0.301 e. The summed E-state index contributed by atoms with van der Waals surface area (Å²) in [7, 11) is 0. The number of nitrogens with one attached hydrogen (secondary N) is 1. The zero-order valence-corrected chi connectivity index (χ0v) is 13.1. The van der Waals surface area contributed by atoms with Gasteiger partial charge in [-0.05, 0) is 46.3 Å². The molecule has 0 saturated carbocycles. The summed E-state index contributed by atoms with van der Waals surface area (Å²) in [6.45, 7) is 15.3. The SMILES string of the molecule is CCNC(C)(C#N)CCCN1CCN(CC)C(C)C1. The van der Waals surface area contributed by atoms with Crippen molar-refractivity contribution in [2.24, 2.45) is 0 Å². The van der Waals surface area contributed by atoms with Crippen molar-refractivity contribution < 1.29 is 0 Å². The first kappa shape index (κ1) is 16.4. The number of likely N-dealkylation sites (N-methyl/N-ethyl adjacent to an activating group) is 1. The van der Waals surface area contributed by atoms with Gasteiger partial charge in [0.1, 0.15) is 5.54 Å². The second kappa shape index (κ2) is 7.84. The van der Waals surface area contributed by atoms with Gasteiger partial charge in [-0.15, -0.1) is 0 Å². The van der Waals surface area contributed by atoms with Crippen LogP contribution in [0.3, 0.4) is 0 Å². The maximum atomic E-state index is 9.23. The van der Waals surface area contributed by atoms with Crippen LogP contribution in [0, 0.1) is 11.3 Å². The summed E-state index contributed by atoms with van der Waals surface area (Å²) in [5.74, 6) is 0. The van der Waals surface area contributed by atoms with Gasteiger partial charge in [-0.3, -0.25) is 10.2 Å². The Balaban J connectivity index is 2.29. The Labute approximate surface area is 118 Å². The van der Waals surface area contributed by atoms with Crippen molar-refractivity contribution in [1.82, 2.24) is 15.1 Å². The van der Waals surface area contributed by atoms with Crippen LogP contribution in [0.4, 0.5) is 0 Å². The number of nitrogens with zero attached hydrogens (tertiary/aromatic N) is 3. The average Bonchev–Trinajstić information content (AvgIpc) is 2.39. The van der Waals surface area contributed by atoms with Gasteiger partial charge in [0.25, 0.3) is 0 Å². The fraction of sp³-hybridized carbons (Fsp3) is 0.933. The van der Waals surface area contributed by atoms with E-state index in [-0.39, 0.29) is 5.54 Å². The molecular weight excluding hydrogens is 236 g/mol. The quantitative estimate of drug-likeness (QED) is 0.761. The molecule has 2 unspecified atom stereocenters. The summed E-state index contributed by atoms with van der Waals surface area (Å²) in [6.07, 6.45) is 2.02. The molecule has 110 valence electrons. The predicted octanol–water partition coefficient (Wildman–Crippen LogP) is 1.68. The molecule has 1 rings (SSSR count). The fourth-order valence-electron chi connectivity index (χ4n) is 2.97. The topological polar surface area (TPSA) is 42.3 Å². The Kier molecular flexibility index (Phi) is 6.78. The van der Waals surface area contributed by atoms with E-state index in [2.05, 4.69) is 42.0 Å². The van der Waals surface area contributed by atoms with Gasteiger partial charge < -0.3 is 4.90 Å². The lowest BCUT2D eigenvalue weighted by Crippen LogP contribution is -2.52. The Morgan fingerprint density at radius 2 is 2.11 bits per heavy atom. The van der Waals surface area contributed by atoms with Crippen molar-refractivity contribution in [1.29, 1.82) is 5.26 Å². The van der Waals surface area contributed by atoms with Gasteiger partial charge in [-0.1, -0.05) is 13.8 Å². The van der Waals surface area contributed by atoms with Crippen LogP contribution in [-0.2, 0) is 0 Å². The molecule has 1 N–H and O–H groups in total. The first-order valence-electron chi connectivity index (χ1n) is 7.67.